The van der Waals surface area contributed by atoms with E-state index in [2.05, 4.69) is 10.1 Å². The molecule has 0 fully saturated rings. The van der Waals surface area contributed by atoms with Gasteiger partial charge in [-0.3, -0.25) is 9.59 Å². The van der Waals surface area contributed by atoms with Crippen molar-refractivity contribution in [1.29, 1.82) is 0 Å². The Balaban J connectivity index is 1.75. The fourth-order valence-corrected chi connectivity index (χ4v) is 3.43. The summed E-state index contributed by atoms with van der Waals surface area (Å²) in [7, 11) is 0. The number of hydrogen-bond acceptors (Lipinski definition) is 3. The van der Waals surface area contributed by atoms with Crippen LogP contribution in [0.2, 0.25) is 0 Å². The number of anilines is 1. The Morgan fingerprint density at radius 3 is 2.47 bits per heavy atom. The van der Waals surface area contributed by atoms with Crippen LogP contribution in [-0.4, -0.2) is 12.4 Å². The molecular weight excluding hydrogens is 412 g/mol. The van der Waals surface area contributed by atoms with Gasteiger partial charge < -0.3 is 10.1 Å². The van der Waals surface area contributed by atoms with Crippen molar-refractivity contribution in [2.24, 2.45) is 0 Å². The number of nitrogens with one attached hydrogen (secondary N) is 1. The van der Waals surface area contributed by atoms with Crippen molar-refractivity contribution in [3.8, 4) is 11.1 Å². The summed E-state index contributed by atoms with van der Waals surface area (Å²) in [6.07, 6.45) is 2.61. The smallest absolute Gasteiger partial charge is 0.297 e. The molecule has 0 atom stereocenters. The minimum Gasteiger partial charge on any atom is -0.437 e. The molecule has 1 N–H and O–H groups in total. The minimum absolute atomic E-state index is 0.0383. The van der Waals surface area contributed by atoms with Crippen LogP contribution in [0.25, 0.3) is 28.0 Å². The quantitative estimate of drug-likeness (QED) is 0.294. The Hall–Kier alpha value is -4.32. The average Bonchev–Trinajstić information content (AvgIpc) is 2.81. The molecular formula is C26H17F2NO3. The van der Waals surface area contributed by atoms with Crippen LogP contribution in [0.3, 0.4) is 0 Å². The molecule has 6 heteroatoms. The fourth-order valence-electron chi connectivity index (χ4n) is 3.43. The molecule has 0 aliphatic carbocycles. The summed E-state index contributed by atoms with van der Waals surface area (Å²) in [4.78, 5) is 23.4. The molecule has 0 saturated heterocycles. The molecule has 0 saturated carbocycles. The Labute approximate surface area is 182 Å². The summed E-state index contributed by atoms with van der Waals surface area (Å²) >= 11 is 0. The third kappa shape index (κ3) is 4.39. The molecule has 4 nitrogen and oxygen atoms in total. The molecule has 0 aliphatic heterocycles. The SMILES string of the molecule is O=CO/C=C/c1ccc(F)c(NC(=O)c2cc(-c3ccccc3F)cc3ccccc23)c1. The van der Waals surface area contributed by atoms with Crippen LogP contribution < -0.4 is 5.32 Å². The largest absolute Gasteiger partial charge is 0.437 e. The molecule has 0 bridgehead atoms. The molecule has 0 aromatic heterocycles. The summed E-state index contributed by atoms with van der Waals surface area (Å²) in [6, 6.07) is 21.0. The summed E-state index contributed by atoms with van der Waals surface area (Å²) in [5.41, 5.74) is 1.67. The molecule has 4 aromatic carbocycles. The number of carbonyl (C=O) groups excluding carboxylic acids is 2. The van der Waals surface area contributed by atoms with E-state index in [1.54, 1.807) is 36.4 Å². The number of carbonyl (C=O) groups is 2. The maximum Gasteiger partial charge on any atom is 0.297 e. The predicted octanol–water partition coefficient (Wildman–Crippen LogP) is 6.18. The van der Waals surface area contributed by atoms with E-state index >= 15 is 0 Å². The number of rotatable bonds is 6. The van der Waals surface area contributed by atoms with Gasteiger partial charge in [0.2, 0.25) is 0 Å². The molecule has 0 heterocycles. The number of amides is 1. The molecule has 158 valence electrons. The molecule has 1 amide bonds. The summed E-state index contributed by atoms with van der Waals surface area (Å²) in [5.74, 6) is -1.57. The highest BCUT2D eigenvalue weighted by molar-refractivity contribution is 6.14. The van der Waals surface area contributed by atoms with Crippen LogP contribution in [0.15, 0.2) is 85.1 Å². The minimum atomic E-state index is -0.624. The van der Waals surface area contributed by atoms with Gasteiger partial charge in [0.05, 0.1) is 11.9 Å². The van der Waals surface area contributed by atoms with E-state index in [9.17, 15) is 18.4 Å². The second-order valence-electron chi connectivity index (χ2n) is 6.95. The lowest BCUT2D eigenvalue weighted by Crippen LogP contribution is -2.14. The van der Waals surface area contributed by atoms with Gasteiger partial charge in [-0.1, -0.05) is 48.5 Å². The highest BCUT2D eigenvalue weighted by Gasteiger charge is 2.16. The zero-order chi connectivity index (χ0) is 22.5. The Morgan fingerprint density at radius 2 is 1.66 bits per heavy atom. The first-order chi connectivity index (χ1) is 15.6. The van der Waals surface area contributed by atoms with Gasteiger partial charge in [-0.05, 0) is 58.3 Å². The standard InChI is InChI=1S/C26H17F2NO3/c27-23-8-4-3-7-21(23)19-14-18-5-1-2-6-20(18)22(15-19)26(31)29-25-13-17(9-10-24(25)28)11-12-32-16-30/h1-16H,(H,29,31)/b12-11+. The Kier molecular flexibility index (Phi) is 6.03. The monoisotopic (exact) mass is 429 g/mol. The number of fused-ring (bicyclic) bond motifs is 1. The van der Waals surface area contributed by atoms with Crippen LogP contribution in [0.1, 0.15) is 15.9 Å². The molecule has 0 radical (unpaired) electrons. The number of benzene rings is 4. The lowest BCUT2D eigenvalue weighted by Gasteiger charge is -2.13. The van der Waals surface area contributed by atoms with Crippen molar-refractivity contribution in [2.75, 3.05) is 5.32 Å². The van der Waals surface area contributed by atoms with Crippen molar-refractivity contribution in [2.45, 2.75) is 0 Å². The molecule has 4 aromatic rings. The van der Waals surface area contributed by atoms with Crippen LogP contribution in [0, 0.1) is 11.6 Å². The maximum absolute atomic E-state index is 14.4. The van der Waals surface area contributed by atoms with Gasteiger partial charge in [-0.25, -0.2) is 8.78 Å². The topological polar surface area (TPSA) is 55.4 Å². The maximum atomic E-state index is 14.4. The first-order valence-corrected chi connectivity index (χ1v) is 9.71. The third-order valence-corrected chi connectivity index (χ3v) is 4.92. The van der Waals surface area contributed by atoms with Gasteiger partial charge in [0, 0.05) is 11.1 Å². The van der Waals surface area contributed by atoms with Crippen molar-refractivity contribution >= 4 is 34.9 Å². The van der Waals surface area contributed by atoms with E-state index in [-0.39, 0.29) is 17.7 Å². The highest BCUT2D eigenvalue weighted by Crippen LogP contribution is 2.30. The van der Waals surface area contributed by atoms with Crippen molar-refractivity contribution < 1.29 is 23.1 Å². The zero-order valence-corrected chi connectivity index (χ0v) is 16.7. The predicted molar refractivity (Wildman–Crippen MR) is 120 cm³/mol. The van der Waals surface area contributed by atoms with E-state index in [4.69, 9.17) is 0 Å². The van der Waals surface area contributed by atoms with Crippen molar-refractivity contribution in [1.82, 2.24) is 0 Å². The second kappa shape index (κ2) is 9.22. The van der Waals surface area contributed by atoms with Gasteiger partial charge in [-0.2, -0.15) is 0 Å². The highest BCUT2D eigenvalue weighted by atomic mass is 19.1. The van der Waals surface area contributed by atoms with Crippen molar-refractivity contribution in [3.05, 3.63) is 108 Å². The molecule has 4 rings (SSSR count). The van der Waals surface area contributed by atoms with Crippen molar-refractivity contribution in [3.63, 3.8) is 0 Å². The van der Waals surface area contributed by atoms with Gasteiger partial charge in [0.15, 0.2) is 0 Å². The normalized spacial score (nSPS) is 10.9. The average molecular weight is 429 g/mol. The fraction of sp³-hybridized carbons (Fsp3) is 0. The summed E-state index contributed by atoms with van der Waals surface area (Å²) in [5, 5.41) is 4.00. The van der Waals surface area contributed by atoms with E-state index in [0.717, 1.165) is 11.6 Å². The molecule has 0 aliphatic rings. The van der Waals surface area contributed by atoms with E-state index < -0.39 is 17.5 Å². The molecule has 32 heavy (non-hydrogen) atoms. The van der Waals surface area contributed by atoms with Gasteiger partial charge >= 0.3 is 0 Å². The zero-order valence-electron chi connectivity index (χ0n) is 16.7. The van der Waals surface area contributed by atoms with Gasteiger partial charge in [0.25, 0.3) is 12.4 Å². The third-order valence-electron chi connectivity index (χ3n) is 4.92. The number of halogens is 2. The molecule has 0 spiro atoms. The van der Waals surface area contributed by atoms with E-state index in [1.807, 2.05) is 18.2 Å². The van der Waals surface area contributed by atoms with Crippen LogP contribution in [-0.2, 0) is 9.53 Å². The summed E-state index contributed by atoms with van der Waals surface area (Å²) < 4.78 is 33.3. The first kappa shape index (κ1) is 20.9. The lowest BCUT2D eigenvalue weighted by atomic mass is 9.96. The number of ether oxygens (including phenoxy) is 1. The van der Waals surface area contributed by atoms with Gasteiger partial charge in [0.1, 0.15) is 11.6 Å². The molecule has 0 unspecified atom stereocenters. The van der Waals surface area contributed by atoms with Crippen LogP contribution in [0.4, 0.5) is 14.5 Å². The first-order valence-electron chi connectivity index (χ1n) is 9.71. The second-order valence-corrected chi connectivity index (χ2v) is 6.95. The van der Waals surface area contributed by atoms with Gasteiger partial charge in [-0.15, -0.1) is 0 Å². The van der Waals surface area contributed by atoms with Crippen LogP contribution >= 0.6 is 0 Å². The summed E-state index contributed by atoms with van der Waals surface area (Å²) in [6.45, 7) is 0.260. The lowest BCUT2D eigenvalue weighted by molar-refractivity contribution is -0.123. The van der Waals surface area contributed by atoms with Crippen LogP contribution in [0.5, 0.6) is 0 Å². The Bertz CT molecular complexity index is 1350. The van der Waals surface area contributed by atoms with E-state index in [1.165, 1.54) is 30.3 Å². The number of hydrogen-bond donors (Lipinski definition) is 1. The van der Waals surface area contributed by atoms with E-state index in [0.29, 0.717) is 22.1 Å². The Morgan fingerprint density at radius 1 is 0.875 bits per heavy atom.